The van der Waals surface area contributed by atoms with Gasteiger partial charge in [0, 0.05) is 22.7 Å². The average Bonchev–Trinajstić information content (AvgIpc) is 2.83. The molecule has 0 aliphatic heterocycles. The van der Waals surface area contributed by atoms with Gasteiger partial charge in [-0.05, 0) is 37.3 Å². The summed E-state index contributed by atoms with van der Waals surface area (Å²) in [6, 6.07) is 27.9. The Hall–Kier alpha value is -4.25. The summed E-state index contributed by atoms with van der Waals surface area (Å²) in [5.41, 5.74) is 3.77. The normalized spacial score (nSPS) is 11.9. The maximum absolute atomic E-state index is 12.9. The molecule has 0 radical (unpaired) electrons. The topological polar surface area (TPSA) is 68.3 Å². The van der Waals surface area contributed by atoms with Gasteiger partial charge in [0.15, 0.2) is 0 Å². The van der Waals surface area contributed by atoms with E-state index in [1.165, 1.54) is 6.08 Å². The van der Waals surface area contributed by atoms with Gasteiger partial charge in [0.05, 0.1) is 11.2 Å². The standard InChI is InChI=1S/C27H22N2O3/c1-19-11-14-23(15-12-19)29-27(31)26(21-8-3-2-4-9-21)32-25(30)18-17-22-16-13-20-7-5-6-10-24(20)28-22/h2-18,26H,1H3,(H,29,31)/b18-17+. The number of aryl methyl sites for hydroxylation is 1. The second kappa shape index (κ2) is 9.71. The van der Waals surface area contributed by atoms with Crippen LogP contribution in [0.25, 0.3) is 17.0 Å². The number of rotatable bonds is 6. The zero-order chi connectivity index (χ0) is 22.3. The zero-order valence-corrected chi connectivity index (χ0v) is 17.6. The van der Waals surface area contributed by atoms with E-state index in [-0.39, 0.29) is 0 Å². The van der Waals surface area contributed by atoms with E-state index in [0.29, 0.717) is 16.9 Å². The third-order valence-corrected chi connectivity index (χ3v) is 4.90. The third kappa shape index (κ3) is 5.26. The minimum Gasteiger partial charge on any atom is -0.444 e. The smallest absolute Gasteiger partial charge is 0.331 e. The largest absolute Gasteiger partial charge is 0.444 e. The molecular weight excluding hydrogens is 400 g/mol. The minimum atomic E-state index is -1.08. The van der Waals surface area contributed by atoms with Gasteiger partial charge in [0.2, 0.25) is 6.10 Å². The van der Waals surface area contributed by atoms with Crippen LogP contribution in [0, 0.1) is 6.92 Å². The number of para-hydroxylation sites is 1. The number of esters is 1. The van der Waals surface area contributed by atoms with Crippen molar-refractivity contribution in [1.82, 2.24) is 4.98 Å². The zero-order valence-electron chi connectivity index (χ0n) is 17.6. The van der Waals surface area contributed by atoms with Crippen LogP contribution in [0.3, 0.4) is 0 Å². The molecular formula is C27H22N2O3. The lowest BCUT2D eigenvalue weighted by Crippen LogP contribution is -2.25. The molecule has 5 nitrogen and oxygen atoms in total. The maximum atomic E-state index is 12.9. The molecule has 0 saturated carbocycles. The number of carbonyl (C=O) groups excluding carboxylic acids is 2. The number of pyridine rings is 1. The summed E-state index contributed by atoms with van der Waals surface area (Å²) in [5, 5.41) is 3.83. The number of hydrogen-bond donors (Lipinski definition) is 1. The molecule has 1 unspecified atom stereocenters. The number of anilines is 1. The van der Waals surface area contributed by atoms with Crippen LogP contribution in [0.4, 0.5) is 5.69 Å². The van der Waals surface area contributed by atoms with Crippen LogP contribution in [-0.2, 0) is 14.3 Å². The Balaban J connectivity index is 1.50. The molecule has 0 aliphatic carbocycles. The molecule has 1 atom stereocenters. The van der Waals surface area contributed by atoms with Gasteiger partial charge in [-0.3, -0.25) is 4.79 Å². The monoisotopic (exact) mass is 422 g/mol. The Morgan fingerprint density at radius 3 is 2.38 bits per heavy atom. The lowest BCUT2D eigenvalue weighted by Gasteiger charge is -2.17. The number of amides is 1. The van der Waals surface area contributed by atoms with Crippen LogP contribution in [0.5, 0.6) is 0 Å². The number of benzene rings is 3. The van der Waals surface area contributed by atoms with Crippen LogP contribution in [0.15, 0.2) is 97.1 Å². The lowest BCUT2D eigenvalue weighted by molar-refractivity contribution is -0.149. The van der Waals surface area contributed by atoms with E-state index < -0.39 is 18.0 Å². The second-order valence-corrected chi connectivity index (χ2v) is 7.35. The van der Waals surface area contributed by atoms with Crippen LogP contribution in [0.1, 0.15) is 22.9 Å². The molecule has 0 bridgehead atoms. The van der Waals surface area contributed by atoms with Gasteiger partial charge in [-0.2, -0.15) is 0 Å². The van der Waals surface area contributed by atoms with Crippen LogP contribution in [-0.4, -0.2) is 16.9 Å². The molecule has 0 saturated heterocycles. The molecule has 1 aromatic heterocycles. The maximum Gasteiger partial charge on any atom is 0.331 e. The number of nitrogens with zero attached hydrogens (tertiary/aromatic N) is 1. The first-order chi connectivity index (χ1) is 15.6. The van der Waals surface area contributed by atoms with E-state index in [9.17, 15) is 9.59 Å². The fraction of sp³-hybridized carbons (Fsp3) is 0.0741. The van der Waals surface area contributed by atoms with Crippen molar-refractivity contribution in [1.29, 1.82) is 0 Å². The summed E-state index contributed by atoms with van der Waals surface area (Å²) in [4.78, 5) is 30.0. The van der Waals surface area contributed by atoms with Crippen LogP contribution >= 0.6 is 0 Å². The second-order valence-electron chi connectivity index (χ2n) is 7.35. The molecule has 158 valence electrons. The number of aromatic nitrogens is 1. The number of fused-ring (bicyclic) bond motifs is 1. The van der Waals surface area contributed by atoms with Gasteiger partial charge in [0.1, 0.15) is 0 Å². The Kier molecular flexibility index (Phi) is 6.37. The van der Waals surface area contributed by atoms with Crippen molar-refractivity contribution in [2.45, 2.75) is 13.0 Å². The van der Waals surface area contributed by atoms with Crippen molar-refractivity contribution >= 4 is 34.5 Å². The van der Waals surface area contributed by atoms with Crippen molar-refractivity contribution in [3.05, 3.63) is 114 Å². The first-order valence-electron chi connectivity index (χ1n) is 10.3. The summed E-state index contributed by atoms with van der Waals surface area (Å²) in [6.45, 7) is 1.97. The molecule has 1 amide bonds. The molecule has 1 N–H and O–H groups in total. The van der Waals surface area contributed by atoms with Gasteiger partial charge in [-0.1, -0.05) is 72.3 Å². The Morgan fingerprint density at radius 1 is 0.875 bits per heavy atom. The van der Waals surface area contributed by atoms with Crippen molar-refractivity contribution < 1.29 is 14.3 Å². The fourth-order valence-corrected chi connectivity index (χ4v) is 3.23. The summed E-state index contributed by atoms with van der Waals surface area (Å²) in [5.74, 6) is -1.06. The lowest BCUT2D eigenvalue weighted by atomic mass is 10.1. The number of nitrogens with one attached hydrogen (secondary N) is 1. The van der Waals surface area contributed by atoms with E-state index in [2.05, 4.69) is 10.3 Å². The van der Waals surface area contributed by atoms with Gasteiger partial charge >= 0.3 is 5.97 Å². The summed E-state index contributed by atoms with van der Waals surface area (Å²) in [7, 11) is 0. The Bertz CT molecular complexity index is 1270. The Labute approximate surface area is 186 Å². The predicted molar refractivity (Wildman–Crippen MR) is 126 cm³/mol. The molecule has 0 aliphatic rings. The van der Waals surface area contributed by atoms with Crippen molar-refractivity contribution in [2.24, 2.45) is 0 Å². The molecule has 32 heavy (non-hydrogen) atoms. The molecule has 0 fully saturated rings. The van der Waals surface area contributed by atoms with E-state index in [1.807, 2.05) is 73.7 Å². The highest BCUT2D eigenvalue weighted by molar-refractivity contribution is 5.97. The van der Waals surface area contributed by atoms with Crippen molar-refractivity contribution in [3.63, 3.8) is 0 Å². The Morgan fingerprint density at radius 2 is 1.59 bits per heavy atom. The molecule has 0 spiro atoms. The molecule has 5 heteroatoms. The predicted octanol–water partition coefficient (Wildman–Crippen LogP) is 5.48. The first kappa shape index (κ1) is 21.0. The summed E-state index contributed by atoms with van der Waals surface area (Å²) >= 11 is 0. The van der Waals surface area contributed by atoms with Gasteiger partial charge in [0.25, 0.3) is 5.91 Å². The van der Waals surface area contributed by atoms with Crippen molar-refractivity contribution in [3.8, 4) is 0 Å². The first-order valence-corrected chi connectivity index (χ1v) is 10.3. The minimum absolute atomic E-state index is 0.425. The third-order valence-electron chi connectivity index (χ3n) is 4.90. The number of hydrogen-bond acceptors (Lipinski definition) is 4. The van der Waals surface area contributed by atoms with E-state index in [1.54, 1.807) is 30.3 Å². The average molecular weight is 422 g/mol. The molecule has 1 heterocycles. The van der Waals surface area contributed by atoms with Gasteiger partial charge in [-0.25, -0.2) is 9.78 Å². The highest BCUT2D eigenvalue weighted by Crippen LogP contribution is 2.21. The molecule has 4 rings (SSSR count). The van der Waals surface area contributed by atoms with E-state index >= 15 is 0 Å². The van der Waals surface area contributed by atoms with E-state index in [4.69, 9.17) is 4.74 Å². The molecule has 4 aromatic rings. The van der Waals surface area contributed by atoms with Gasteiger partial charge in [-0.15, -0.1) is 0 Å². The highest BCUT2D eigenvalue weighted by Gasteiger charge is 2.24. The highest BCUT2D eigenvalue weighted by atomic mass is 16.5. The quantitative estimate of drug-likeness (QED) is 0.330. The fourth-order valence-electron chi connectivity index (χ4n) is 3.23. The van der Waals surface area contributed by atoms with Crippen LogP contribution in [0.2, 0.25) is 0 Å². The van der Waals surface area contributed by atoms with E-state index in [0.717, 1.165) is 16.5 Å². The van der Waals surface area contributed by atoms with Crippen LogP contribution < -0.4 is 5.32 Å². The molecule has 3 aromatic carbocycles. The number of ether oxygens (including phenoxy) is 1. The van der Waals surface area contributed by atoms with Gasteiger partial charge < -0.3 is 10.1 Å². The number of carbonyl (C=O) groups is 2. The summed E-state index contributed by atoms with van der Waals surface area (Å²) in [6.07, 6.45) is 1.78. The summed E-state index contributed by atoms with van der Waals surface area (Å²) < 4.78 is 5.54. The SMILES string of the molecule is Cc1ccc(NC(=O)C(OC(=O)/C=C/c2ccc3ccccc3n2)c2ccccc2)cc1. The van der Waals surface area contributed by atoms with Crippen molar-refractivity contribution in [2.75, 3.05) is 5.32 Å².